The molecule has 0 fully saturated rings. The molecule has 2 aromatic heterocycles. The maximum absolute atomic E-state index is 11.5. The largest absolute Gasteiger partial charge is 0.485 e. The normalized spacial score (nSPS) is 10.5. The fraction of sp³-hybridized carbons (Fsp3) is 0.125. The van der Waals surface area contributed by atoms with Crippen LogP contribution in [-0.4, -0.2) is 18.1 Å². The van der Waals surface area contributed by atoms with Gasteiger partial charge >= 0.3 is 5.97 Å². The minimum absolute atomic E-state index is 0.157. The molecule has 21 heavy (non-hydrogen) atoms. The van der Waals surface area contributed by atoms with Crippen molar-refractivity contribution in [3.63, 3.8) is 0 Å². The number of nitrogens with zero attached hydrogens (tertiary/aromatic N) is 1. The number of methoxy groups -OCH3 is 1. The number of hydrogen-bond acceptors (Lipinski definition) is 5. The molecule has 106 valence electrons. The van der Waals surface area contributed by atoms with E-state index in [4.69, 9.17) is 9.15 Å². The highest BCUT2D eigenvalue weighted by molar-refractivity contribution is 5.94. The zero-order valence-corrected chi connectivity index (χ0v) is 11.4. The number of para-hydroxylation sites is 1. The Kier molecular flexibility index (Phi) is 3.55. The van der Waals surface area contributed by atoms with Gasteiger partial charge in [-0.2, -0.15) is 0 Å². The van der Waals surface area contributed by atoms with Crippen molar-refractivity contribution in [3.8, 4) is 5.75 Å². The van der Waals surface area contributed by atoms with E-state index in [1.165, 1.54) is 7.11 Å². The Balaban J connectivity index is 1.88. The first-order valence-corrected chi connectivity index (χ1v) is 6.40. The molecule has 0 atom stereocenters. The van der Waals surface area contributed by atoms with Gasteiger partial charge < -0.3 is 13.9 Å². The van der Waals surface area contributed by atoms with Gasteiger partial charge in [0, 0.05) is 23.3 Å². The SMILES string of the molecule is COC(=O)c1cc2cccc(OCc3cccnc3)c2o1. The van der Waals surface area contributed by atoms with Gasteiger partial charge in [0.25, 0.3) is 0 Å². The van der Waals surface area contributed by atoms with Gasteiger partial charge in [-0.1, -0.05) is 18.2 Å². The summed E-state index contributed by atoms with van der Waals surface area (Å²) in [6.07, 6.45) is 3.45. The molecule has 3 aromatic rings. The predicted octanol–water partition coefficient (Wildman–Crippen LogP) is 3.19. The average Bonchev–Trinajstić information content (AvgIpc) is 2.97. The van der Waals surface area contributed by atoms with Crippen LogP contribution in [0.15, 0.2) is 53.2 Å². The highest BCUT2D eigenvalue weighted by atomic mass is 16.5. The molecule has 0 N–H and O–H groups in total. The van der Waals surface area contributed by atoms with Crippen LogP contribution in [0, 0.1) is 0 Å². The van der Waals surface area contributed by atoms with E-state index in [0.29, 0.717) is 17.9 Å². The summed E-state index contributed by atoms with van der Waals surface area (Å²) in [4.78, 5) is 15.5. The van der Waals surface area contributed by atoms with E-state index in [1.54, 1.807) is 24.5 Å². The van der Waals surface area contributed by atoms with Crippen LogP contribution in [0.3, 0.4) is 0 Å². The van der Waals surface area contributed by atoms with E-state index >= 15 is 0 Å². The number of hydrogen-bond donors (Lipinski definition) is 0. The number of benzene rings is 1. The number of ether oxygens (including phenoxy) is 2. The third-order valence-electron chi connectivity index (χ3n) is 3.01. The summed E-state index contributed by atoms with van der Waals surface area (Å²) in [7, 11) is 1.31. The number of carbonyl (C=O) groups is 1. The summed E-state index contributed by atoms with van der Waals surface area (Å²) < 4.78 is 15.9. The predicted molar refractivity (Wildman–Crippen MR) is 76.1 cm³/mol. The third-order valence-corrected chi connectivity index (χ3v) is 3.01. The fourth-order valence-corrected chi connectivity index (χ4v) is 2.00. The lowest BCUT2D eigenvalue weighted by atomic mass is 10.2. The maximum atomic E-state index is 11.5. The number of aromatic nitrogens is 1. The van der Waals surface area contributed by atoms with Crippen molar-refractivity contribution >= 4 is 16.9 Å². The van der Waals surface area contributed by atoms with Gasteiger partial charge in [-0.3, -0.25) is 4.98 Å². The summed E-state index contributed by atoms with van der Waals surface area (Å²) in [5.74, 6) is 0.223. The summed E-state index contributed by atoms with van der Waals surface area (Å²) >= 11 is 0. The quantitative estimate of drug-likeness (QED) is 0.688. The van der Waals surface area contributed by atoms with Crippen LogP contribution in [0.1, 0.15) is 16.1 Å². The zero-order chi connectivity index (χ0) is 14.7. The molecule has 3 rings (SSSR count). The molecule has 0 radical (unpaired) electrons. The topological polar surface area (TPSA) is 61.6 Å². The zero-order valence-electron chi connectivity index (χ0n) is 11.4. The van der Waals surface area contributed by atoms with Gasteiger partial charge in [-0.15, -0.1) is 0 Å². The van der Waals surface area contributed by atoms with Gasteiger partial charge in [0.15, 0.2) is 11.3 Å². The Morgan fingerprint density at radius 1 is 1.29 bits per heavy atom. The molecular formula is C16H13NO4. The van der Waals surface area contributed by atoms with E-state index in [-0.39, 0.29) is 5.76 Å². The van der Waals surface area contributed by atoms with Gasteiger partial charge in [0.05, 0.1) is 7.11 Å². The molecule has 5 nitrogen and oxygen atoms in total. The number of fused-ring (bicyclic) bond motifs is 1. The Morgan fingerprint density at radius 2 is 2.19 bits per heavy atom. The number of carbonyl (C=O) groups excluding carboxylic acids is 1. The lowest BCUT2D eigenvalue weighted by molar-refractivity contribution is 0.0567. The minimum Gasteiger partial charge on any atom is -0.485 e. The van der Waals surface area contributed by atoms with Crippen LogP contribution in [0.2, 0.25) is 0 Å². The molecule has 0 spiro atoms. The Morgan fingerprint density at radius 3 is 2.95 bits per heavy atom. The minimum atomic E-state index is -0.510. The molecule has 0 saturated heterocycles. The first-order chi connectivity index (χ1) is 10.3. The molecule has 2 heterocycles. The first kappa shape index (κ1) is 13.2. The molecule has 0 aliphatic heterocycles. The Labute approximate surface area is 121 Å². The van der Waals surface area contributed by atoms with Gasteiger partial charge in [0.2, 0.25) is 5.76 Å². The van der Waals surface area contributed by atoms with Crippen molar-refractivity contribution in [2.75, 3.05) is 7.11 Å². The van der Waals surface area contributed by atoms with E-state index in [2.05, 4.69) is 9.72 Å². The molecule has 0 saturated carbocycles. The molecule has 0 aliphatic rings. The highest BCUT2D eigenvalue weighted by Gasteiger charge is 2.15. The van der Waals surface area contributed by atoms with Crippen LogP contribution in [0.5, 0.6) is 5.75 Å². The molecule has 0 bridgehead atoms. The number of furan rings is 1. The smallest absolute Gasteiger partial charge is 0.373 e. The van der Waals surface area contributed by atoms with Gasteiger partial charge in [-0.25, -0.2) is 4.79 Å². The molecule has 0 amide bonds. The Bertz CT molecular complexity index is 764. The molecular weight excluding hydrogens is 270 g/mol. The monoisotopic (exact) mass is 283 g/mol. The van der Waals surface area contributed by atoms with E-state index < -0.39 is 5.97 Å². The van der Waals surface area contributed by atoms with Crippen LogP contribution >= 0.6 is 0 Å². The standard InChI is InChI=1S/C16H13NO4/c1-19-16(18)14-8-12-5-2-6-13(15(12)21-14)20-10-11-4-3-7-17-9-11/h2-9H,10H2,1H3. The van der Waals surface area contributed by atoms with Crippen molar-refractivity contribution in [2.24, 2.45) is 0 Å². The molecule has 0 aliphatic carbocycles. The van der Waals surface area contributed by atoms with Crippen molar-refractivity contribution in [1.29, 1.82) is 0 Å². The lowest BCUT2D eigenvalue weighted by Crippen LogP contribution is -1.98. The second-order valence-electron chi connectivity index (χ2n) is 4.43. The summed E-state index contributed by atoms with van der Waals surface area (Å²) in [5.41, 5.74) is 1.48. The number of esters is 1. The average molecular weight is 283 g/mol. The Hall–Kier alpha value is -2.82. The molecule has 5 heteroatoms. The maximum Gasteiger partial charge on any atom is 0.373 e. The van der Waals surface area contributed by atoms with Crippen LogP contribution in [0.4, 0.5) is 0 Å². The van der Waals surface area contributed by atoms with Crippen LogP contribution in [-0.2, 0) is 11.3 Å². The lowest BCUT2D eigenvalue weighted by Gasteiger charge is -2.06. The van der Waals surface area contributed by atoms with E-state index in [9.17, 15) is 4.79 Å². The van der Waals surface area contributed by atoms with Gasteiger partial charge in [-0.05, 0) is 18.2 Å². The third kappa shape index (κ3) is 2.72. The number of rotatable bonds is 4. The van der Waals surface area contributed by atoms with Crippen molar-refractivity contribution in [1.82, 2.24) is 4.98 Å². The first-order valence-electron chi connectivity index (χ1n) is 6.40. The second kappa shape index (κ2) is 5.66. The molecule has 0 unspecified atom stereocenters. The van der Waals surface area contributed by atoms with Crippen molar-refractivity contribution in [3.05, 3.63) is 60.1 Å². The van der Waals surface area contributed by atoms with Crippen LogP contribution < -0.4 is 4.74 Å². The van der Waals surface area contributed by atoms with E-state index in [0.717, 1.165) is 10.9 Å². The summed E-state index contributed by atoms with van der Waals surface area (Å²) in [5, 5.41) is 0.791. The molecule has 1 aromatic carbocycles. The van der Waals surface area contributed by atoms with E-state index in [1.807, 2.05) is 24.3 Å². The van der Waals surface area contributed by atoms with Crippen LogP contribution in [0.25, 0.3) is 11.0 Å². The summed E-state index contributed by atoms with van der Waals surface area (Å²) in [6.45, 7) is 0.376. The number of pyridine rings is 1. The van der Waals surface area contributed by atoms with Gasteiger partial charge in [0.1, 0.15) is 6.61 Å². The highest BCUT2D eigenvalue weighted by Crippen LogP contribution is 2.29. The van der Waals surface area contributed by atoms with Crippen molar-refractivity contribution < 1.29 is 18.7 Å². The second-order valence-corrected chi connectivity index (χ2v) is 4.43. The van der Waals surface area contributed by atoms with Crippen molar-refractivity contribution in [2.45, 2.75) is 6.61 Å². The summed E-state index contributed by atoms with van der Waals surface area (Å²) in [6, 6.07) is 10.9. The fourth-order valence-electron chi connectivity index (χ4n) is 2.00.